The molecule has 0 bridgehead atoms. The molecule has 1 heterocycles. The number of nitrogens with zero attached hydrogens (tertiary/aromatic N) is 1. The number of carboxylic acids is 1. The van der Waals surface area contributed by atoms with E-state index in [1.807, 2.05) is 12.1 Å². The quantitative estimate of drug-likeness (QED) is 0.792. The summed E-state index contributed by atoms with van der Waals surface area (Å²) in [5.41, 5.74) is 1.93. The Bertz CT molecular complexity index is 734. The molecule has 7 heteroatoms. The maximum Gasteiger partial charge on any atom is 0.306 e. The zero-order valence-electron chi connectivity index (χ0n) is 13.0. The number of amides is 1. The average molecular weight is 348 g/mol. The summed E-state index contributed by atoms with van der Waals surface area (Å²) in [6.45, 7) is 0. The topological polar surface area (TPSA) is 95.1 Å². The molecule has 1 fully saturated rings. The lowest BCUT2D eigenvalue weighted by molar-refractivity contribution is -0.142. The summed E-state index contributed by atoms with van der Waals surface area (Å²) in [6, 6.07) is 8.93. The lowest BCUT2D eigenvalue weighted by Gasteiger charge is -2.26. The van der Waals surface area contributed by atoms with E-state index in [2.05, 4.69) is 15.5 Å². The van der Waals surface area contributed by atoms with Crippen LogP contribution in [0.2, 0.25) is 5.02 Å². The maximum atomic E-state index is 12.3. The number of carbonyl (C=O) groups excluding carboxylic acids is 1. The number of benzene rings is 1. The van der Waals surface area contributed by atoms with Gasteiger partial charge in [0.2, 0.25) is 0 Å². The number of nitrogens with one attached hydrogen (secondary N) is 2. The highest BCUT2D eigenvalue weighted by Gasteiger charge is 2.27. The van der Waals surface area contributed by atoms with Crippen LogP contribution >= 0.6 is 11.6 Å². The minimum atomic E-state index is -0.749. The fourth-order valence-electron chi connectivity index (χ4n) is 2.95. The van der Waals surface area contributed by atoms with Crippen molar-refractivity contribution in [3.63, 3.8) is 0 Å². The molecule has 2 aromatic rings. The molecule has 1 amide bonds. The van der Waals surface area contributed by atoms with Crippen molar-refractivity contribution >= 4 is 23.5 Å². The summed E-state index contributed by atoms with van der Waals surface area (Å²) < 4.78 is 0. The third kappa shape index (κ3) is 3.76. The fourth-order valence-corrected chi connectivity index (χ4v) is 3.08. The van der Waals surface area contributed by atoms with Crippen LogP contribution in [0.3, 0.4) is 0 Å². The van der Waals surface area contributed by atoms with Crippen LogP contribution in [0, 0.1) is 5.92 Å². The van der Waals surface area contributed by atoms with Crippen LogP contribution in [0.4, 0.5) is 0 Å². The Hall–Kier alpha value is -2.34. The average Bonchev–Trinajstić information content (AvgIpc) is 3.06. The molecule has 0 spiro atoms. The van der Waals surface area contributed by atoms with Crippen LogP contribution in [0.5, 0.6) is 0 Å². The first-order valence-electron chi connectivity index (χ1n) is 7.88. The SMILES string of the molecule is O=C(NC1CCC(C(=O)O)CC1)c1cc(-c2ccc(Cl)cc2)n[nH]1. The number of H-pyrrole nitrogens is 1. The van der Waals surface area contributed by atoms with E-state index in [-0.39, 0.29) is 17.9 Å². The van der Waals surface area contributed by atoms with Crippen molar-refractivity contribution in [2.45, 2.75) is 31.7 Å². The number of hydrogen-bond acceptors (Lipinski definition) is 3. The summed E-state index contributed by atoms with van der Waals surface area (Å²) >= 11 is 5.86. The molecule has 1 aliphatic rings. The van der Waals surface area contributed by atoms with E-state index >= 15 is 0 Å². The minimum Gasteiger partial charge on any atom is -0.481 e. The first kappa shape index (κ1) is 16.5. The van der Waals surface area contributed by atoms with E-state index < -0.39 is 5.97 Å². The van der Waals surface area contributed by atoms with Gasteiger partial charge in [-0.1, -0.05) is 23.7 Å². The fraction of sp³-hybridized carbons (Fsp3) is 0.353. The first-order chi connectivity index (χ1) is 11.5. The molecular weight excluding hydrogens is 330 g/mol. The zero-order valence-corrected chi connectivity index (χ0v) is 13.7. The zero-order chi connectivity index (χ0) is 17.1. The molecule has 1 saturated carbocycles. The van der Waals surface area contributed by atoms with Gasteiger partial charge in [0.25, 0.3) is 5.91 Å². The third-order valence-electron chi connectivity index (χ3n) is 4.37. The number of aromatic amines is 1. The molecule has 3 N–H and O–H groups in total. The van der Waals surface area contributed by atoms with Crippen LogP contribution in [0.25, 0.3) is 11.3 Å². The summed E-state index contributed by atoms with van der Waals surface area (Å²) in [4.78, 5) is 23.3. The molecule has 24 heavy (non-hydrogen) atoms. The van der Waals surface area contributed by atoms with Gasteiger partial charge in [0, 0.05) is 16.6 Å². The minimum absolute atomic E-state index is 0.00961. The molecule has 0 saturated heterocycles. The van der Waals surface area contributed by atoms with E-state index in [0.717, 1.165) is 5.56 Å². The molecule has 0 atom stereocenters. The van der Waals surface area contributed by atoms with Crippen molar-refractivity contribution in [3.05, 3.63) is 41.0 Å². The summed E-state index contributed by atoms with van der Waals surface area (Å²) in [5.74, 6) is -1.26. The highest BCUT2D eigenvalue weighted by molar-refractivity contribution is 6.30. The van der Waals surface area contributed by atoms with Crippen molar-refractivity contribution in [3.8, 4) is 11.3 Å². The second kappa shape index (κ2) is 7.05. The summed E-state index contributed by atoms with van der Waals surface area (Å²) in [5, 5.41) is 19.5. The second-order valence-corrected chi connectivity index (χ2v) is 6.47. The maximum absolute atomic E-state index is 12.3. The van der Waals surface area contributed by atoms with Crippen molar-refractivity contribution in [2.75, 3.05) is 0 Å². The van der Waals surface area contributed by atoms with E-state index in [0.29, 0.717) is 42.1 Å². The van der Waals surface area contributed by atoms with Gasteiger partial charge in [0.15, 0.2) is 0 Å². The van der Waals surface area contributed by atoms with Gasteiger partial charge < -0.3 is 10.4 Å². The van der Waals surface area contributed by atoms with Gasteiger partial charge in [-0.3, -0.25) is 14.7 Å². The molecule has 0 unspecified atom stereocenters. The lowest BCUT2D eigenvalue weighted by atomic mass is 9.86. The van der Waals surface area contributed by atoms with Crippen LogP contribution < -0.4 is 5.32 Å². The van der Waals surface area contributed by atoms with Crippen LogP contribution in [-0.2, 0) is 4.79 Å². The lowest BCUT2D eigenvalue weighted by Crippen LogP contribution is -2.38. The number of aliphatic carboxylic acids is 1. The van der Waals surface area contributed by atoms with Crippen LogP contribution in [-0.4, -0.2) is 33.2 Å². The highest BCUT2D eigenvalue weighted by Crippen LogP contribution is 2.25. The van der Waals surface area contributed by atoms with Gasteiger partial charge in [0.05, 0.1) is 11.6 Å². The van der Waals surface area contributed by atoms with Gasteiger partial charge >= 0.3 is 5.97 Å². The molecule has 1 aromatic carbocycles. The molecule has 126 valence electrons. The number of halogens is 1. The van der Waals surface area contributed by atoms with Crippen LogP contribution in [0.1, 0.15) is 36.2 Å². The molecular formula is C17H18ClN3O3. The van der Waals surface area contributed by atoms with E-state index in [9.17, 15) is 9.59 Å². The van der Waals surface area contributed by atoms with Gasteiger partial charge in [-0.15, -0.1) is 0 Å². The van der Waals surface area contributed by atoms with Crippen molar-refractivity contribution in [1.29, 1.82) is 0 Å². The Morgan fingerprint density at radius 3 is 2.46 bits per heavy atom. The molecule has 6 nitrogen and oxygen atoms in total. The standard InChI is InChI=1S/C17H18ClN3O3/c18-12-5-1-10(2-6-12)14-9-15(21-20-14)16(22)19-13-7-3-11(4-8-13)17(23)24/h1-2,5-6,9,11,13H,3-4,7-8H2,(H,19,22)(H,20,21)(H,23,24). The predicted molar refractivity (Wildman–Crippen MR) is 89.9 cm³/mol. The van der Waals surface area contributed by atoms with Crippen molar-refractivity contribution < 1.29 is 14.7 Å². The van der Waals surface area contributed by atoms with E-state index in [1.54, 1.807) is 18.2 Å². The number of aromatic nitrogens is 2. The monoisotopic (exact) mass is 347 g/mol. The van der Waals surface area contributed by atoms with Gasteiger partial charge in [0.1, 0.15) is 5.69 Å². The largest absolute Gasteiger partial charge is 0.481 e. The highest BCUT2D eigenvalue weighted by atomic mass is 35.5. The third-order valence-corrected chi connectivity index (χ3v) is 4.63. The smallest absolute Gasteiger partial charge is 0.306 e. The second-order valence-electron chi connectivity index (χ2n) is 6.03. The summed E-state index contributed by atoms with van der Waals surface area (Å²) in [7, 11) is 0. The normalized spacial score (nSPS) is 20.5. The molecule has 1 aromatic heterocycles. The predicted octanol–water partition coefficient (Wildman–Crippen LogP) is 3.10. The number of carbonyl (C=O) groups is 2. The molecule has 0 radical (unpaired) electrons. The summed E-state index contributed by atoms with van der Waals surface area (Å²) in [6.07, 6.45) is 2.56. The van der Waals surface area contributed by atoms with Crippen molar-refractivity contribution in [2.24, 2.45) is 5.92 Å². The molecule has 3 rings (SSSR count). The van der Waals surface area contributed by atoms with Crippen LogP contribution in [0.15, 0.2) is 30.3 Å². The Morgan fingerprint density at radius 1 is 1.17 bits per heavy atom. The Morgan fingerprint density at radius 2 is 1.83 bits per heavy atom. The Labute approximate surface area is 144 Å². The van der Waals surface area contributed by atoms with Gasteiger partial charge in [-0.2, -0.15) is 5.10 Å². The first-order valence-corrected chi connectivity index (χ1v) is 8.26. The van der Waals surface area contributed by atoms with Crippen molar-refractivity contribution in [1.82, 2.24) is 15.5 Å². The number of carboxylic acid groups (broad SMARTS) is 1. The van der Waals surface area contributed by atoms with E-state index in [4.69, 9.17) is 16.7 Å². The van der Waals surface area contributed by atoms with E-state index in [1.165, 1.54) is 0 Å². The Kier molecular flexibility index (Phi) is 4.85. The molecule has 1 aliphatic carbocycles. The van der Waals surface area contributed by atoms with Gasteiger partial charge in [-0.05, 0) is 43.9 Å². The molecule has 0 aliphatic heterocycles. The number of hydrogen-bond donors (Lipinski definition) is 3. The van der Waals surface area contributed by atoms with Gasteiger partial charge in [-0.25, -0.2) is 0 Å². The Balaban J connectivity index is 1.60. The number of rotatable bonds is 4.